The number of nitrogens with one attached hydrogen (secondary N) is 1. The smallest absolute Gasteiger partial charge is 0.251 e. The van der Waals surface area contributed by atoms with E-state index in [1.807, 2.05) is 0 Å². The fraction of sp³-hybridized carbons (Fsp3) is 0.0769. The lowest BCUT2D eigenvalue weighted by Crippen LogP contribution is -2.23. The standard InChI is InChI=1S/C13H9F3N2O/c14-10-4-9(5-11(15)12(10)16)13(19)18-7-8-2-1-3-17-6-8/h1-6H,7H2,(H,18,19). The summed E-state index contributed by atoms with van der Waals surface area (Å²) in [6, 6.07) is 4.73. The monoisotopic (exact) mass is 266 g/mol. The summed E-state index contributed by atoms with van der Waals surface area (Å²) in [5, 5.41) is 2.45. The first-order chi connectivity index (χ1) is 9.08. The Hall–Kier alpha value is -2.37. The van der Waals surface area contributed by atoms with Crippen molar-refractivity contribution in [1.82, 2.24) is 10.3 Å². The van der Waals surface area contributed by atoms with Gasteiger partial charge in [-0.15, -0.1) is 0 Å². The van der Waals surface area contributed by atoms with Gasteiger partial charge < -0.3 is 5.32 Å². The molecule has 0 radical (unpaired) electrons. The molecule has 1 amide bonds. The maximum atomic E-state index is 13.0. The fourth-order valence-electron chi connectivity index (χ4n) is 1.47. The van der Waals surface area contributed by atoms with Crippen LogP contribution in [0.3, 0.4) is 0 Å². The Labute approximate surface area is 107 Å². The summed E-state index contributed by atoms with van der Waals surface area (Å²) in [6.45, 7) is 0.160. The molecule has 19 heavy (non-hydrogen) atoms. The maximum absolute atomic E-state index is 13.0. The van der Waals surface area contributed by atoms with Crippen LogP contribution < -0.4 is 5.32 Å². The number of carbonyl (C=O) groups is 1. The zero-order chi connectivity index (χ0) is 13.8. The SMILES string of the molecule is O=C(NCc1cccnc1)c1cc(F)c(F)c(F)c1. The number of amides is 1. The minimum atomic E-state index is -1.59. The van der Waals surface area contributed by atoms with Gasteiger partial charge in [0.1, 0.15) is 0 Å². The molecule has 0 atom stereocenters. The Morgan fingerprint density at radius 2 is 1.89 bits per heavy atom. The predicted molar refractivity (Wildman–Crippen MR) is 61.7 cm³/mol. The highest BCUT2D eigenvalue weighted by atomic mass is 19.2. The molecule has 0 saturated heterocycles. The van der Waals surface area contributed by atoms with Crippen molar-refractivity contribution >= 4 is 5.91 Å². The molecule has 1 heterocycles. The van der Waals surface area contributed by atoms with Gasteiger partial charge in [-0.3, -0.25) is 9.78 Å². The number of aromatic nitrogens is 1. The number of benzene rings is 1. The second-order valence-electron chi connectivity index (χ2n) is 3.80. The molecule has 0 bridgehead atoms. The van der Waals surface area contributed by atoms with Crippen LogP contribution in [0.1, 0.15) is 15.9 Å². The van der Waals surface area contributed by atoms with E-state index in [1.54, 1.807) is 24.5 Å². The van der Waals surface area contributed by atoms with Crippen LogP contribution in [0.5, 0.6) is 0 Å². The molecule has 3 nitrogen and oxygen atoms in total. The third-order valence-corrected chi connectivity index (χ3v) is 2.42. The number of carbonyl (C=O) groups excluding carboxylic acids is 1. The number of hydrogen-bond donors (Lipinski definition) is 1. The van der Waals surface area contributed by atoms with Crippen molar-refractivity contribution in [2.45, 2.75) is 6.54 Å². The first kappa shape index (κ1) is 13.1. The van der Waals surface area contributed by atoms with E-state index < -0.39 is 23.4 Å². The molecule has 2 rings (SSSR count). The van der Waals surface area contributed by atoms with Gasteiger partial charge in [0.25, 0.3) is 5.91 Å². The molecule has 98 valence electrons. The van der Waals surface area contributed by atoms with E-state index in [1.165, 1.54) is 0 Å². The van der Waals surface area contributed by atoms with Crippen LogP contribution in [-0.4, -0.2) is 10.9 Å². The van der Waals surface area contributed by atoms with Crippen molar-refractivity contribution in [2.75, 3.05) is 0 Å². The lowest BCUT2D eigenvalue weighted by molar-refractivity contribution is 0.0949. The van der Waals surface area contributed by atoms with Gasteiger partial charge in [-0.05, 0) is 23.8 Å². The van der Waals surface area contributed by atoms with Crippen LogP contribution in [0.2, 0.25) is 0 Å². The molecule has 0 spiro atoms. The molecule has 6 heteroatoms. The molecule has 0 fully saturated rings. The molecule has 0 aliphatic heterocycles. The highest BCUT2D eigenvalue weighted by Crippen LogP contribution is 2.13. The van der Waals surface area contributed by atoms with Crippen molar-refractivity contribution in [1.29, 1.82) is 0 Å². The summed E-state index contributed by atoms with van der Waals surface area (Å²) in [6.07, 6.45) is 3.13. The third-order valence-electron chi connectivity index (χ3n) is 2.42. The van der Waals surface area contributed by atoms with Gasteiger partial charge in [0.15, 0.2) is 17.5 Å². The average molecular weight is 266 g/mol. The van der Waals surface area contributed by atoms with Crippen LogP contribution in [-0.2, 0) is 6.54 Å². The Balaban J connectivity index is 2.08. The van der Waals surface area contributed by atoms with Crippen molar-refractivity contribution in [3.8, 4) is 0 Å². The van der Waals surface area contributed by atoms with Gasteiger partial charge in [0.2, 0.25) is 0 Å². The molecule has 0 aliphatic carbocycles. The molecular formula is C13H9F3N2O. The van der Waals surface area contributed by atoms with E-state index in [-0.39, 0.29) is 12.1 Å². The number of halogens is 3. The second-order valence-corrected chi connectivity index (χ2v) is 3.80. The minimum absolute atomic E-state index is 0.160. The highest BCUT2D eigenvalue weighted by molar-refractivity contribution is 5.94. The summed E-state index contributed by atoms with van der Waals surface area (Å²) in [7, 11) is 0. The quantitative estimate of drug-likeness (QED) is 0.867. The van der Waals surface area contributed by atoms with Crippen LogP contribution in [0.25, 0.3) is 0 Å². The number of pyridine rings is 1. The van der Waals surface area contributed by atoms with E-state index in [2.05, 4.69) is 10.3 Å². The minimum Gasteiger partial charge on any atom is -0.348 e. The van der Waals surface area contributed by atoms with Gasteiger partial charge >= 0.3 is 0 Å². The number of nitrogens with zero attached hydrogens (tertiary/aromatic N) is 1. The lowest BCUT2D eigenvalue weighted by atomic mass is 10.2. The largest absolute Gasteiger partial charge is 0.348 e. The van der Waals surface area contributed by atoms with Crippen LogP contribution in [0, 0.1) is 17.5 Å². The van der Waals surface area contributed by atoms with Crippen LogP contribution in [0.4, 0.5) is 13.2 Å². The zero-order valence-electron chi connectivity index (χ0n) is 9.66. The topological polar surface area (TPSA) is 42.0 Å². The molecule has 0 saturated carbocycles. The summed E-state index contributed by atoms with van der Waals surface area (Å²) < 4.78 is 38.7. The molecule has 2 aromatic rings. The first-order valence-electron chi connectivity index (χ1n) is 5.39. The Kier molecular flexibility index (Phi) is 3.79. The van der Waals surface area contributed by atoms with Crippen LogP contribution >= 0.6 is 0 Å². The fourth-order valence-corrected chi connectivity index (χ4v) is 1.47. The van der Waals surface area contributed by atoms with Crippen molar-refractivity contribution in [3.05, 3.63) is 65.2 Å². The third kappa shape index (κ3) is 3.09. The number of hydrogen-bond acceptors (Lipinski definition) is 2. The van der Waals surface area contributed by atoms with Gasteiger partial charge in [-0.2, -0.15) is 0 Å². The highest BCUT2D eigenvalue weighted by Gasteiger charge is 2.14. The first-order valence-corrected chi connectivity index (χ1v) is 5.39. The van der Waals surface area contributed by atoms with E-state index >= 15 is 0 Å². The predicted octanol–water partition coefficient (Wildman–Crippen LogP) is 2.43. The van der Waals surface area contributed by atoms with Crippen molar-refractivity contribution in [2.24, 2.45) is 0 Å². The summed E-state index contributed by atoms with van der Waals surface area (Å²) >= 11 is 0. The van der Waals surface area contributed by atoms with Gasteiger partial charge in [-0.25, -0.2) is 13.2 Å². The summed E-state index contributed by atoms with van der Waals surface area (Å²) in [5.41, 5.74) is 0.458. The molecule has 0 unspecified atom stereocenters. The van der Waals surface area contributed by atoms with E-state index in [0.717, 1.165) is 5.56 Å². The van der Waals surface area contributed by atoms with Gasteiger partial charge in [0, 0.05) is 24.5 Å². The normalized spacial score (nSPS) is 10.3. The zero-order valence-corrected chi connectivity index (χ0v) is 9.66. The Morgan fingerprint density at radius 1 is 1.21 bits per heavy atom. The van der Waals surface area contributed by atoms with Gasteiger partial charge in [0.05, 0.1) is 0 Å². The lowest BCUT2D eigenvalue weighted by Gasteiger charge is -2.06. The maximum Gasteiger partial charge on any atom is 0.251 e. The molecule has 1 N–H and O–H groups in total. The Morgan fingerprint density at radius 3 is 2.47 bits per heavy atom. The summed E-state index contributed by atoms with van der Waals surface area (Å²) in [4.78, 5) is 15.5. The molecular weight excluding hydrogens is 257 g/mol. The van der Waals surface area contributed by atoms with Crippen LogP contribution in [0.15, 0.2) is 36.7 Å². The summed E-state index contributed by atoms with van der Waals surface area (Å²) in [5.74, 6) is -5.08. The van der Waals surface area contributed by atoms with Crippen molar-refractivity contribution < 1.29 is 18.0 Å². The number of rotatable bonds is 3. The Bertz CT molecular complexity index is 579. The van der Waals surface area contributed by atoms with Crippen molar-refractivity contribution in [3.63, 3.8) is 0 Å². The second kappa shape index (κ2) is 5.51. The molecule has 1 aromatic heterocycles. The molecule has 1 aromatic carbocycles. The molecule has 0 aliphatic rings. The van der Waals surface area contributed by atoms with Gasteiger partial charge in [-0.1, -0.05) is 6.07 Å². The van der Waals surface area contributed by atoms with E-state index in [0.29, 0.717) is 12.1 Å². The average Bonchev–Trinajstić information content (AvgIpc) is 2.42. The van der Waals surface area contributed by atoms with E-state index in [4.69, 9.17) is 0 Å². The van der Waals surface area contributed by atoms with E-state index in [9.17, 15) is 18.0 Å².